The molecule has 1 nitrogen and oxygen atoms in total. The van der Waals surface area contributed by atoms with Gasteiger partial charge in [0.25, 0.3) is 5.76 Å². The lowest BCUT2D eigenvalue weighted by Gasteiger charge is -2.18. The summed E-state index contributed by atoms with van der Waals surface area (Å²) in [4.78, 5) is 0.574. The normalized spacial score (nSPS) is 12.4. The van der Waals surface area contributed by atoms with Gasteiger partial charge < -0.3 is 5.32 Å². The molecule has 0 spiro atoms. The summed E-state index contributed by atoms with van der Waals surface area (Å²) in [5.74, 6) is -2.41. The maximum atomic E-state index is 12.6. The van der Waals surface area contributed by atoms with Crippen molar-refractivity contribution < 1.29 is 8.78 Å². The third-order valence-electron chi connectivity index (χ3n) is 3.36. The highest BCUT2D eigenvalue weighted by molar-refractivity contribution is 7.99. The Balaban J connectivity index is 2.13. The monoisotopic (exact) mass is 307 g/mol. The number of anilines is 1. The van der Waals surface area contributed by atoms with Gasteiger partial charge in [0.15, 0.2) is 0 Å². The van der Waals surface area contributed by atoms with Gasteiger partial charge in [0.05, 0.1) is 0 Å². The van der Waals surface area contributed by atoms with E-state index in [0.29, 0.717) is 16.7 Å². The predicted molar refractivity (Wildman–Crippen MR) is 86.2 cm³/mol. The van der Waals surface area contributed by atoms with Crippen molar-refractivity contribution in [2.24, 2.45) is 0 Å². The molecule has 0 bridgehead atoms. The fraction of sp³-hybridized carbons (Fsp3) is 0.294. The van der Waals surface area contributed by atoms with E-state index in [0.717, 1.165) is 17.7 Å². The molecule has 112 valence electrons. The molecule has 1 atom stereocenters. The second-order valence-electron chi connectivity index (χ2n) is 4.84. The van der Waals surface area contributed by atoms with E-state index in [1.54, 1.807) is 12.1 Å². The molecule has 0 amide bonds. The first kappa shape index (κ1) is 15.8. The summed E-state index contributed by atoms with van der Waals surface area (Å²) in [6.07, 6.45) is 1.01. The number of aryl methyl sites for hydroxylation is 1. The molecular formula is C17H19F2NS. The van der Waals surface area contributed by atoms with Crippen LogP contribution in [0.3, 0.4) is 0 Å². The summed E-state index contributed by atoms with van der Waals surface area (Å²) in [5, 5.41) is 3.32. The van der Waals surface area contributed by atoms with E-state index in [1.165, 1.54) is 5.56 Å². The van der Waals surface area contributed by atoms with E-state index in [2.05, 4.69) is 36.5 Å². The molecule has 2 aromatic rings. The third-order valence-corrected chi connectivity index (χ3v) is 4.15. The maximum Gasteiger partial charge on any atom is 0.288 e. The highest BCUT2D eigenvalue weighted by Crippen LogP contribution is 2.33. The molecule has 0 aliphatic rings. The number of nitrogens with one attached hydrogen (secondary N) is 1. The van der Waals surface area contributed by atoms with Crippen molar-refractivity contribution in [3.8, 4) is 0 Å². The number of halogens is 2. The minimum atomic E-state index is -2.41. The minimum Gasteiger partial charge on any atom is -0.378 e. The summed E-state index contributed by atoms with van der Waals surface area (Å²) in [7, 11) is 0. The average molecular weight is 307 g/mol. The zero-order chi connectivity index (χ0) is 15.2. The number of thioether (sulfide) groups is 1. The Labute approximate surface area is 128 Å². The van der Waals surface area contributed by atoms with Crippen LogP contribution >= 0.6 is 11.8 Å². The maximum absolute atomic E-state index is 12.6. The zero-order valence-electron chi connectivity index (χ0n) is 12.1. The number of alkyl halides is 2. The fourth-order valence-electron chi connectivity index (χ4n) is 2.14. The molecule has 0 radical (unpaired) electrons. The van der Waals surface area contributed by atoms with E-state index >= 15 is 0 Å². The van der Waals surface area contributed by atoms with Gasteiger partial charge in [-0.1, -0.05) is 55.1 Å². The van der Waals surface area contributed by atoms with E-state index in [4.69, 9.17) is 0 Å². The molecule has 21 heavy (non-hydrogen) atoms. The molecule has 1 unspecified atom stereocenters. The molecule has 0 saturated heterocycles. The molecule has 0 aliphatic heterocycles. The van der Waals surface area contributed by atoms with Gasteiger partial charge in [-0.05, 0) is 36.6 Å². The molecule has 0 saturated carbocycles. The zero-order valence-corrected chi connectivity index (χ0v) is 13.0. The lowest BCUT2D eigenvalue weighted by molar-refractivity contribution is 0.252. The van der Waals surface area contributed by atoms with Crippen LogP contribution in [0.1, 0.15) is 31.0 Å². The Morgan fingerprint density at radius 3 is 2.33 bits per heavy atom. The summed E-state index contributed by atoms with van der Waals surface area (Å²) >= 11 is 0.572. The van der Waals surface area contributed by atoms with Crippen molar-refractivity contribution in [2.75, 3.05) is 5.32 Å². The van der Waals surface area contributed by atoms with Gasteiger partial charge in [-0.15, -0.1) is 0 Å². The van der Waals surface area contributed by atoms with Crippen molar-refractivity contribution in [2.45, 2.75) is 37.0 Å². The lowest BCUT2D eigenvalue weighted by atomic mass is 10.0. The molecule has 0 fully saturated rings. The van der Waals surface area contributed by atoms with Crippen molar-refractivity contribution in [3.63, 3.8) is 0 Å². The van der Waals surface area contributed by atoms with Gasteiger partial charge in [-0.25, -0.2) is 0 Å². The van der Waals surface area contributed by atoms with E-state index in [-0.39, 0.29) is 6.04 Å². The summed E-state index contributed by atoms with van der Waals surface area (Å²) in [5.41, 5.74) is 3.18. The van der Waals surface area contributed by atoms with Crippen LogP contribution in [0.15, 0.2) is 53.4 Å². The topological polar surface area (TPSA) is 12.0 Å². The smallest absolute Gasteiger partial charge is 0.288 e. The average Bonchev–Trinajstić information content (AvgIpc) is 2.49. The number of hydrogen-bond donors (Lipinski definition) is 1. The standard InChI is InChI=1S/C17H19F2NS/c1-3-13-8-10-14(11-9-13)12(2)20-15-6-4-5-7-16(15)21-17(18)19/h4-12,17,20H,3H2,1-2H3. The molecular weight excluding hydrogens is 288 g/mol. The second kappa shape index (κ2) is 7.46. The Morgan fingerprint density at radius 1 is 1.05 bits per heavy atom. The Hall–Kier alpha value is -1.55. The lowest BCUT2D eigenvalue weighted by Crippen LogP contribution is -2.07. The van der Waals surface area contributed by atoms with Gasteiger partial charge in [-0.2, -0.15) is 8.78 Å². The van der Waals surface area contributed by atoms with Crippen LogP contribution in [0.2, 0.25) is 0 Å². The third kappa shape index (κ3) is 4.46. The molecule has 1 N–H and O–H groups in total. The van der Waals surface area contributed by atoms with Crippen LogP contribution in [0.25, 0.3) is 0 Å². The van der Waals surface area contributed by atoms with Crippen LogP contribution in [0, 0.1) is 0 Å². The van der Waals surface area contributed by atoms with Crippen LogP contribution in [-0.4, -0.2) is 5.76 Å². The Bertz CT molecular complexity index is 569. The second-order valence-corrected chi connectivity index (χ2v) is 5.87. The fourth-order valence-corrected chi connectivity index (χ4v) is 2.75. The van der Waals surface area contributed by atoms with E-state index in [9.17, 15) is 8.78 Å². The van der Waals surface area contributed by atoms with Crippen molar-refractivity contribution >= 4 is 17.4 Å². The summed E-state index contributed by atoms with van der Waals surface area (Å²) < 4.78 is 25.2. The van der Waals surface area contributed by atoms with Crippen molar-refractivity contribution in [1.82, 2.24) is 0 Å². The van der Waals surface area contributed by atoms with Crippen LogP contribution < -0.4 is 5.32 Å². The SMILES string of the molecule is CCc1ccc(C(C)Nc2ccccc2SC(F)F)cc1. The summed E-state index contributed by atoms with van der Waals surface area (Å²) in [6, 6.07) is 15.6. The van der Waals surface area contributed by atoms with Crippen LogP contribution in [-0.2, 0) is 6.42 Å². The van der Waals surface area contributed by atoms with Crippen LogP contribution in [0.5, 0.6) is 0 Å². The van der Waals surface area contributed by atoms with Crippen LogP contribution in [0.4, 0.5) is 14.5 Å². The number of hydrogen-bond acceptors (Lipinski definition) is 2. The van der Waals surface area contributed by atoms with Gasteiger partial charge >= 0.3 is 0 Å². The van der Waals surface area contributed by atoms with Gasteiger partial charge in [-0.3, -0.25) is 0 Å². The molecule has 2 aromatic carbocycles. The largest absolute Gasteiger partial charge is 0.378 e. The van der Waals surface area contributed by atoms with E-state index in [1.807, 2.05) is 19.1 Å². The van der Waals surface area contributed by atoms with E-state index < -0.39 is 5.76 Å². The first-order chi connectivity index (χ1) is 10.1. The number of benzene rings is 2. The summed E-state index contributed by atoms with van der Waals surface area (Å²) in [6.45, 7) is 4.15. The van der Waals surface area contributed by atoms with Gasteiger partial charge in [0.2, 0.25) is 0 Å². The minimum absolute atomic E-state index is 0.0651. The highest BCUT2D eigenvalue weighted by atomic mass is 32.2. The van der Waals surface area contributed by atoms with Gasteiger partial charge in [0.1, 0.15) is 0 Å². The Kier molecular flexibility index (Phi) is 5.62. The number of para-hydroxylation sites is 1. The Morgan fingerprint density at radius 2 is 1.71 bits per heavy atom. The van der Waals surface area contributed by atoms with Gasteiger partial charge in [0, 0.05) is 16.6 Å². The molecule has 0 aliphatic carbocycles. The first-order valence-corrected chi connectivity index (χ1v) is 7.87. The number of rotatable bonds is 6. The van der Waals surface area contributed by atoms with Crippen molar-refractivity contribution in [1.29, 1.82) is 0 Å². The predicted octanol–water partition coefficient (Wildman–Crippen LogP) is 5.74. The molecule has 2 rings (SSSR count). The highest BCUT2D eigenvalue weighted by Gasteiger charge is 2.12. The first-order valence-electron chi connectivity index (χ1n) is 6.99. The molecule has 4 heteroatoms. The molecule has 0 heterocycles. The molecule has 0 aromatic heterocycles. The van der Waals surface area contributed by atoms with Crippen molar-refractivity contribution in [3.05, 3.63) is 59.7 Å². The quantitative estimate of drug-likeness (QED) is 0.683.